The predicted molar refractivity (Wildman–Crippen MR) is 80.9 cm³/mol. The van der Waals surface area contributed by atoms with Crippen molar-refractivity contribution in [2.24, 2.45) is 0 Å². The van der Waals surface area contributed by atoms with Gasteiger partial charge in [-0.3, -0.25) is 4.79 Å². The Bertz CT molecular complexity index is 764. The average Bonchev–Trinajstić information content (AvgIpc) is 2.90. The molecule has 20 heavy (non-hydrogen) atoms. The molecule has 4 heteroatoms. The Hall–Kier alpha value is -2.26. The highest BCUT2D eigenvalue weighted by Crippen LogP contribution is 2.18. The molecule has 0 unspecified atom stereocenters. The van der Waals surface area contributed by atoms with Crippen molar-refractivity contribution in [3.8, 4) is 0 Å². The van der Waals surface area contributed by atoms with Crippen LogP contribution in [0, 0.1) is 0 Å². The van der Waals surface area contributed by atoms with Crippen LogP contribution in [0.15, 0.2) is 54.7 Å². The van der Waals surface area contributed by atoms with Gasteiger partial charge < -0.3 is 10.3 Å². The van der Waals surface area contributed by atoms with Crippen LogP contribution in [-0.4, -0.2) is 10.9 Å². The summed E-state index contributed by atoms with van der Waals surface area (Å²) < 4.78 is 0. The molecule has 1 aromatic heterocycles. The monoisotopic (exact) mass is 284 g/mol. The van der Waals surface area contributed by atoms with Gasteiger partial charge in [0.25, 0.3) is 5.91 Å². The van der Waals surface area contributed by atoms with Gasteiger partial charge in [0.1, 0.15) is 0 Å². The number of nitrogens with one attached hydrogen (secondary N) is 2. The van der Waals surface area contributed by atoms with E-state index in [0.717, 1.165) is 16.5 Å². The number of rotatable bonds is 3. The summed E-state index contributed by atoms with van der Waals surface area (Å²) in [5.41, 5.74) is 2.51. The maximum absolute atomic E-state index is 12.2. The highest BCUT2D eigenvalue weighted by atomic mass is 35.5. The molecule has 2 N–H and O–H groups in total. The first kappa shape index (κ1) is 12.8. The average molecular weight is 285 g/mol. The Morgan fingerprint density at radius 1 is 1.10 bits per heavy atom. The van der Waals surface area contributed by atoms with Crippen LogP contribution >= 0.6 is 11.6 Å². The van der Waals surface area contributed by atoms with Crippen LogP contribution < -0.4 is 5.32 Å². The number of benzene rings is 2. The zero-order valence-electron chi connectivity index (χ0n) is 10.7. The third-order valence-electron chi connectivity index (χ3n) is 3.23. The lowest BCUT2D eigenvalue weighted by molar-refractivity contribution is 0.0952. The second-order valence-electron chi connectivity index (χ2n) is 4.52. The number of amides is 1. The molecule has 1 heterocycles. The van der Waals surface area contributed by atoms with E-state index >= 15 is 0 Å². The Labute approximate surface area is 121 Å². The van der Waals surface area contributed by atoms with Crippen molar-refractivity contribution in [1.29, 1.82) is 0 Å². The lowest BCUT2D eigenvalue weighted by atomic mass is 10.1. The van der Waals surface area contributed by atoms with Crippen molar-refractivity contribution in [2.45, 2.75) is 6.54 Å². The number of H-pyrrole nitrogens is 1. The van der Waals surface area contributed by atoms with Crippen LogP contribution in [0.2, 0.25) is 5.02 Å². The maximum Gasteiger partial charge on any atom is 0.253 e. The Kier molecular flexibility index (Phi) is 3.44. The van der Waals surface area contributed by atoms with E-state index in [9.17, 15) is 4.79 Å². The van der Waals surface area contributed by atoms with Crippen molar-refractivity contribution in [1.82, 2.24) is 10.3 Å². The first-order valence-corrected chi connectivity index (χ1v) is 6.71. The predicted octanol–water partition coefficient (Wildman–Crippen LogP) is 3.75. The minimum Gasteiger partial charge on any atom is -0.360 e. The zero-order valence-corrected chi connectivity index (χ0v) is 11.4. The molecule has 3 rings (SSSR count). The Morgan fingerprint density at radius 3 is 2.70 bits per heavy atom. The number of hydrogen-bond donors (Lipinski definition) is 2. The van der Waals surface area contributed by atoms with E-state index in [1.165, 1.54) is 0 Å². The third-order valence-corrected chi connectivity index (χ3v) is 3.60. The highest BCUT2D eigenvalue weighted by Gasteiger charge is 2.11. The van der Waals surface area contributed by atoms with Crippen molar-refractivity contribution in [2.75, 3.05) is 0 Å². The molecule has 0 saturated heterocycles. The minimum absolute atomic E-state index is 0.109. The summed E-state index contributed by atoms with van der Waals surface area (Å²) in [5.74, 6) is -0.109. The van der Waals surface area contributed by atoms with Crippen LogP contribution in [-0.2, 0) is 6.54 Å². The standard InChI is InChI=1S/C16H13ClN2O/c17-14-7-3-1-5-11(14)9-19-16(20)13-10-18-15-8-4-2-6-12(13)15/h1-8,10,18H,9H2,(H,19,20). The summed E-state index contributed by atoms with van der Waals surface area (Å²) in [6.45, 7) is 0.415. The fourth-order valence-corrected chi connectivity index (χ4v) is 2.37. The van der Waals surface area contributed by atoms with E-state index in [2.05, 4.69) is 10.3 Å². The Balaban J connectivity index is 1.79. The topological polar surface area (TPSA) is 44.9 Å². The van der Waals surface area contributed by atoms with Gasteiger partial charge in [0.15, 0.2) is 0 Å². The second-order valence-corrected chi connectivity index (χ2v) is 4.93. The molecule has 3 nitrogen and oxygen atoms in total. The summed E-state index contributed by atoms with van der Waals surface area (Å²) in [6.07, 6.45) is 1.73. The van der Waals surface area contributed by atoms with E-state index < -0.39 is 0 Å². The molecule has 100 valence electrons. The van der Waals surface area contributed by atoms with E-state index in [1.54, 1.807) is 6.20 Å². The SMILES string of the molecule is O=C(NCc1ccccc1Cl)c1c[nH]c2ccccc12. The number of carbonyl (C=O) groups is 1. The molecule has 3 aromatic rings. The van der Waals surface area contributed by atoms with Gasteiger partial charge in [-0.2, -0.15) is 0 Å². The van der Waals surface area contributed by atoms with Gasteiger partial charge in [-0.1, -0.05) is 48.0 Å². The summed E-state index contributed by atoms with van der Waals surface area (Å²) in [4.78, 5) is 15.3. The van der Waals surface area contributed by atoms with Crippen LogP contribution in [0.4, 0.5) is 0 Å². The molecular formula is C16H13ClN2O. The van der Waals surface area contributed by atoms with Crippen LogP contribution in [0.3, 0.4) is 0 Å². The number of para-hydroxylation sites is 1. The lowest BCUT2D eigenvalue weighted by Crippen LogP contribution is -2.22. The quantitative estimate of drug-likeness (QED) is 0.756. The van der Waals surface area contributed by atoms with E-state index in [0.29, 0.717) is 17.1 Å². The van der Waals surface area contributed by atoms with E-state index in [1.807, 2.05) is 48.5 Å². The fourth-order valence-electron chi connectivity index (χ4n) is 2.17. The van der Waals surface area contributed by atoms with Crippen molar-refractivity contribution < 1.29 is 4.79 Å². The number of aromatic nitrogens is 1. The molecule has 2 aromatic carbocycles. The number of carbonyl (C=O) groups excluding carboxylic acids is 1. The van der Waals surface area contributed by atoms with Gasteiger partial charge in [-0.15, -0.1) is 0 Å². The number of halogens is 1. The molecule has 0 aliphatic heterocycles. The number of fused-ring (bicyclic) bond motifs is 1. The van der Waals surface area contributed by atoms with Gasteiger partial charge in [0, 0.05) is 28.7 Å². The van der Waals surface area contributed by atoms with E-state index in [4.69, 9.17) is 11.6 Å². The first-order valence-electron chi connectivity index (χ1n) is 6.33. The van der Waals surface area contributed by atoms with Crippen molar-refractivity contribution >= 4 is 28.4 Å². The summed E-state index contributed by atoms with van der Waals surface area (Å²) in [6, 6.07) is 15.2. The second kappa shape index (κ2) is 5.39. The first-order chi connectivity index (χ1) is 9.75. The smallest absolute Gasteiger partial charge is 0.253 e. The molecule has 0 aliphatic carbocycles. The van der Waals surface area contributed by atoms with E-state index in [-0.39, 0.29) is 5.91 Å². The normalized spacial score (nSPS) is 10.7. The van der Waals surface area contributed by atoms with Crippen LogP contribution in [0.25, 0.3) is 10.9 Å². The van der Waals surface area contributed by atoms with Gasteiger partial charge in [-0.25, -0.2) is 0 Å². The molecular weight excluding hydrogens is 272 g/mol. The van der Waals surface area contributed by atoms with Crippen LogP contribution in [0.1, 0.15) is 15.9 Å². The van der Waals surface area contributed by atoms with Crippen molar-refractivity contribution in [3.63, 3.8) is 0 Å². The molecule has 0 aliphatic rings. The summed E-state index contributed by atoms with van der Waals surface area (Å²) in [5, 5.41) is 4.47. The van der Waals surface area contributed by atoms with Crippen LogP contribution in [0.5, 0.6) is 0 Å². The largest absolute Gasteiger partial charge is 0.360 e. The van der Waals surface area contributed by atoms with Gasteiger partial charge in [0.2, 0.25) is 0 Å². The lowest BCUT2D eigenvalue weighted by Gasteiger charge is -2.06. The van der Waals surface area contributed by atoms with Gasteiger partial charge >= 0.3 is 0 Å². The molecule has 1 amide bonds. The molecule has 0 radical (unpaired) electrons. The molecule has 0 saturated carbocycles. The molecule has 0 spiro atoms. The summed E-state index contributed by atoms with van der Waals surface area (Å²) >= 11 is 6.07. The molecule has 0 atom stereocenters. The third kappa shape index (κ3) is 2.40. The minimum atomic E-state index is -0.109. The van der Waals surface area contributed by atoms with Gasteiger partial charge in [0.05, 0.1) is 5.56 Å². The molecule has 0 fully saturated rings. The molecule has 0 bridgehead atoms. The van der Waals surface area contributed by atoms with Gasteiger partial charge in [-0.05, 0) is 17.7 Å². The highest BCUT2D eigenvalue weighted by molar-refractivity contribution is 6.31. The number of hydrogen-bond acceptors (Lipinski definition) is 1. The fraction of sp³-hybridized carbons (Fsp3) is 0.0625. The summed E-state index contributed by atoms with van der Waals surface area (Å²) in [7, 11) is 0. The zero-order chi connectivity index (χ0) is 13.9. The van der Waals surface area contributed by atoms with Crippen molar-refractivity contribution in [3.05, 3.63) is 70.9 Å². The maximum atomic E-state index is 12.2. The Morgan fingerprint density at radius 2 is 1.85 bits per heavy atom. The number of aromatic amines is 1.